The van der Waals surface area contributed by atoms with Crippen LogP contribution in [0.3, 0.4) is 0 Å². The van der Waals surface area contributed by atoms with Crippen LogP contribution in [0.25, 0.3) is 0 Å². The molecule has 0 unspecified atom stereocenters. The third-order valence-electron chi connectivity index (χ3n) is 7.83. The predicted molar refractivity (Wildman–Crippen MR) is 144 cm³/mol. The maximum Gasteiger partial charge on any atom is 0.410 e. The molecule has 2 aliphatic rings. The van der Waals surface area contributed by atoms with Crippen molar-refractivity contribution in [2.75, 3.05) is 19.8 Å². The molecule has 2 heterocycles. The third kappa shape index (κ3) is 6.69. The van der Waals surface area contributed by atoms with Crippen LogP contribution in [0.15, 0.2) is 16.5 Å². The van der Waals surface area contributed by atoms with Gasteiger partial charge in [-0.05, 0) is 55.7 Å². The minimum Gasteiger partial charge on any atom is -0.493 e. The highest BCUT2D eigenvalue weighted by Gasteiger charge is 2.34. The molecule has 1 aliphatic heterocycles. The molecule has 208 valence electrons. The zero-order valence-corrected chi connectivity index (χ0v) is 23.3. The third-order valence-corrected chi connectivity index (χ3v) is 7.83. The van der Waals surface area contributed by atoms with E-state index in [0.29, 0.717) is 45.6 Å². The lowest BCUT2D eigenvalue weighted by Gasteiger charge is -2.31. The Hall–Kier alpha value is -3.03. The van der Waals surface area contributed by atoms with Crippen LogP contribution in [-0.2, 0) is 40.8 Å². The van der Waals surface area contributed by atoms with Gasteiger partial charge in [-0.3, -0.25) is 4.79 Å². The molecule has 0 bridgehead atoms. The molecular formula is C30H42N2O6. The SMILES string of the molecule is Cc1oc(C2(C)CCCCC2)nc1CCOc1ccc(CCC(=O)O)c2c1CCN(C(=O)OCC(C)C)C2. The highest BCUT2D eigenvalue weighted by atomic mass is 16.6. The Morgan fingerprint density at radius 3 is 2.63 bits per heavy atom. The maximum atomic E-state index is 12.6. The molecule has 1 saturated carbocycles. The second-order valence-electron chi connectivity index (χ2n) is 11.5. The quantitative estimate of drug-likeness (QED) is 0.405. The molecule has 8 heteroatoms. The Morgan fingerprint density at radius 2 is 1.92 bits per heavy atom. The number of hydrogen-bond donors (Lipinski definition) is 1. The van der Waals surface area contributed by atoms with Gasteiger partial charge in [-0.15, -0.1) is 0 Å². The van der Waals surface area contributed by atoms with Crippen LogP contribution >= 0.6 is 0 Å². The van der Waals surface area contributed by atoms with Gasteiger partial charge in [0.2, 0.25) is 5.89 Å². The van der Waals surface area contributed by atoms with Gasteiger partial charge in [0.1, 0.15) is 11.5 Å². The fourth-order valence-electron chi connectivity index (χ4n) is 5.53. The van der Waals surface area contributed by atoms with Crippen molar-refractivity contribution in [2.45, 2.75) is 97.4 Å². The van der Waals surface area contributed by atoms with E-state index >= 15 is 0 Å². The molecule has 1 aliphatic carbocycles. The minimum absolute atomic E-state index is 0.0230. The zero-order chi connectivity index (χ0) is 27.3. The van der Waals surface area contributed by atoms with Crippen LogP contribution in [0, 0.1) is 12.8 Å². The normalized spacial score (nSPS) is 16.8. The number of aryl methyl sites for hydroxylation is 2. The van der Waals surface area contributed by atoms with Gasteiger partial charge in [-0.25, -0.2) is 9.78 Å². The lowest BCUT2D eigenvalue weighted by atomic mass is 9.76. The lowest BCUT2D eigenvalue weighted by molar-refractivity contribution is -0.136. The van der Waals surface area contributed by atoms with Crippen molar-refractivity contribution in [2.24, 2.45) is 5.92 Å². The number of oxazole rings is 1. The molecule has 38 heavy (non-hydrogen) atoms. The topological polar surface area (TPSA) is 102 Å². The van der Waals surface area contributed by atoms with Crippen LogP contribution in [0.2, 0.25) is 0 Å². The number of hydrogen-bond acceptors (Lipinski definition) is 6. The Balaban J connectivity index is 1.46. The van der Waals surface area contributed by atoms with Crippen molar-refractivity contribution >= 4 is 12.1 Å². The summed E-state index contributed by atoms with van der Waals surface area (Å²) in [7, 11) is 0. The molecule has 1 aromatic heterocycles. The molecule has 1 fully saturated rings. The van der Waals surface area contributed by atoms with E-state index in [4.69, 9.17) is 18.9 Å². The van der Waals surface area contributed by atoms with Crippen LogP contribution in [0.1, 0.15) is 93.3 Å². The van der Waals surface area contributed by atoms with Crippen LogP contribution in [0.4, 0.5) is 4.79 Å². The number of nitrogens with zero attached hydrogens (tertiary/aromatic N) is 2. The number of carboxylic acid groups (broad SMARTS) is 1. The summed E-state index contributed by atoms with van der Waals surface area (Å²) in [6.45, 7) is 10.0. The largest absolute Gasteiger partial charge is 0.493 e. The van der Waals surface area contributed by atoms with Crippen molar-refractivity contribution in [1.29, 1.82) is 0 Å². The van der Waals surface area contributed by atoms with E-state index in [1.165, 1.54) is 19.3 Å². The summed E-state index contributed by atoms with van der Waals surface area (Å²) in [5.41, 5.74) is 3.93. The van der Waals surface area contributed by atoms with Gasteiger partial charge in [0, 0.05) is 36.9 Å². The Kier molecular flexibility index (Phi) is 9.00. The van der Waals surface area contributed by atoms with Crippen LogP contribution in [-0.4, -0.2) is 46.8 Å². The van der Waals surface area contributed by atoms with Crippen molar-refractivity contribution < 1.29 is 28.6 Å². The number of aliphatic carboxylic acids is 1. The van der Waals surface area contributed by atoms with E-state index in [2.05, 4.69) is 6.92 Å². The monoisotopic (exact) mass is 526 g/mol. The first-order chi connectivity index (χ1) is 18.2. The smallest absolute Gasteiger partial charge is 0.410 e. The lowest BCUT2D eigenvalue weighted by Crippen LogP contribution is -2.37. The Labute approximate surface area is 225 Å². The van der Waals surface area contributed by atoms with Crippen molar-refractivity contribution in [3.05, 3.63) is 46.2 Å². The number of carboxylic acids is 1. The summed E-state index contributed by atoms with van der Waals surface area (Å²) < 4.78 is 17.8. The van der Waals surface area contributed by atoms with E-state index < -0.39 is 5.97 Å². The summed E-state index contributed by atoms with van der Waals surface area (Å²) in [4.78, 5) is 30.4. The molecule has 0 spiro atoms. The van der Waals surface area contributed by atoms with Crippen LogP contribution in [0.5, 0.6) is 5.75 Å². The summed E-state index contributed by atoms with van der Waals surface area (Å²) in [6.07, 6.45) is 7.35. The molecule has 2 aromatic rings. The minimum atomic E-state index is -0.840. The average molecular weight is 527 g/mol. The van der Waals surface area contributed by atoms with E-state index in [-0.39, 0.29) is 23.8 Å². The molecular weight excluding hydrogens is 484 g/mol. The summed E-state index contributed by atoms with van der Waals surface area (Å²) >= 11 is 0. The van der Waals surface area contributed by atoms with E-state index in [0.717, 1.165) is 52.6 Å². The van der Waals surface area contributed by atoms with Gasteiger partial charge in [-0.2, -0.15) is 0 Å². The van der Waals surface area contributed by atoms with Crippen LogP contribution < -0.4 is 4.74 Å². The van der Waals surface area contributed by atoms with E-state index in [1.54, 1.807) is 4.90 Å². The van der Waals surface area contributed by atoms with E-state index in [9.17, 15) is 14.7 Å². The number of ether oxygens (including phenoxy) is 2. The maximum absolute atomic E-state index is 12.6. The van der Waals surface area contributed by atoms with E-state index in [1.807, 2.05) is 32.9 Å². The fourth-order valence-corrected chi connectivity index (χ4v) is 5.53. The number of rotatable bonds is 10. The number of amides is 1. The van der Waals surface area contributed by atoms with Gasteiger partial charge >= 0.3 is 12.1 Å². The van der Waals surface area contributed by atoms with Gasteiger partial charge in [-0.1, -0.05) is 46.1 Å². The number of benzene rings is 1. The standard InChI is InChI=1S/C30H42N2O6/c1-20(2)19-37-29(35)32-16-12-23-24(18-32)22(9-11-27(33)34)8-10-26(23)36-17-13-25-21(3)38-28(31-25)30(4)14-6-5-7-15-30/h8,10,20H,5-7,9,11-19H2,1-4H3,(H,33,34). The first kappa shape index (κ1) is 28.0. The number of carbonyl (C=O) groups is 2. The molecule has 1 amide bonds. The number of fused-ring (bicyclic) bond motifs is 1. The second-order valence-corrected chi connectivity index (χ2v) is 11.5. The van der Waals surface area contributed by atoms with Gasteiger partial charge in [0.25, 0.3) is 0 Å². The van der Waals surface area contributed by atoms with Crippen molar-refractivity contribution in [1.82, 2.24) is 9.88 Å². The van der Waals surface area contributed by atoms with Gasteiger partial charge in [0.15, 0.2) is 0 Å². The van der Waals surface area contributed by atoms with Gasteiger partial charge in [0.05, 0.1) is 18.9 Å². The molecule has 0 atom stereocenters. The molecule has 4 rings (SSSR count). The molecule has 1 N–H and O–H groups in total. The summed E-state index contributed by atoms with van der Waals surface area (Å²) in [5.74, 6) is 1.92. The van der Waals surface area contributed by atoms with Gasteiger partial charge < -0.3 is 23.9 Å². The number of carbonyl (C=O) groups excluding carboxylic acids is 1. The molecule has 8 nitrogen and oxygen atoms in total. The molecule has 0 radical (unpaired) electrons. The summed E-state index contributed by atoms with van der Waals surface area (Å²) in [6, 6.07) is 3.87. The second kappa shape index (κ2) is 12.2. The zero-order valence-electron chi connectivity index (χ0n) is 23.3. The molecule has 0 saturated heterocycles. The Bertz CT molecular complexity index is 1130. The Morgan fingerprint density at radius 1 is 1.16 bits per heavy atom. The molecule has 1 aromatic carbocycles. The predicted octanol–water partition coefficient (Wildman–Crippen LogP) is 5.99. The first-order valence-electron chi connectivity index (χ1n) is 14.0. The highest BCUT2D eigenvalue weighted by molar-refractivity contribution is 5.69. The highest BCUT2D eigenvalue weighted by Crippen LogP contribution is 2.39. The summed E-state index contributed by atoms with van der Waals surface area (Å²) in [5, 5.41) is 9.22. The van der Waals surface area contributed by atoms with Crippen molar-refractivity contribution in [3.63, 3.8) is 0 Å². The average Bonchev–Trinajstić information content (AvgIpc) is 3.27. The fraction of sp³-hybridized carbons (Fsp3) is 0.633. The number of aromatic nitrogens is 1. The van der Waals surface area contributed by atoms with Crippen molar-refractivity contribution in [3.8, 4) is 5.75 Å². The first-order valence-corrected chi connectivity index (χ1v) is 14.0.